The molecule has 1 heterocycles. The van der Waals surface area contributed by atoms with Crippen molar-refractivity contribution in [3.63, 3.8) is 0 Å². The van der Waals surface area contributed by atoms with E-state index in [9.17, 15) is 0 Å². The molecule has 0 N–H and O–H groups in total. The van der Waals surface area contributed by atoms with E-state index in [1.807, 2.05) is 6.07 Å². The number of hydrogen-bond acceptors (Lipinski definition) is 1. The smallest absolute Gasteiger partial charge is 0.143 e. The fourth-order valence-corrected chi connectivity index (χ4v) is 9.40. The number of rotatable bonds is 3. The maximum atomic E-state index is 6.58. The van der Waals surface area contributed by atoms with Crippen LogP contribution >= 0.6 is 0 Å². The van der Waals surface area contributed by atoms with Crippen molar-refractivity contribution in [1.82, 2.24) is 0 Å². The highest BCUT2D eigenvalue weighted by Crippen LogP contribution is 2.53. The van der Waals surface area contributed by atoms with Crippen LogP contribution in [0, 0.1) is 0 Å². The van der Waals surface area contributed by atoms with Crippen molar-refractivity contribution >= 4 is 54.3 Å². The van der Waals surface area contributed by atoms with E-state index in [4.69, 9.17) is 4.42 Å². The summed E-state index contributed by atoms with van der Waals surface area (Å²) in [6, 6.07) is 62.3. The molecule has 1 aromatic heterocycles. The third-order valence-corrected chi connectivity index (χ3v) is 11.6. The van der Waals surface area contributed by atoms with Gasteiger partial charge in [-0.1, -0.05) is 172 Å². The molecule has 9 aromatic carbocycles. The lowest BCUT2D eigenvalue weighted by atomic mass is 9.79. The predicted molar refractivity (Wildman–Crippen MR) is 220 cm³/mol. The van der Waals surface area contributed by atoms with E-state index in [1.165, 1.54) is 82.4 Å². The zero-order valence-corrected chi connectivity index (χ0v) is 29.1. The molecule has 1 heteroatoms. The molecule has 52 heavy (non-hydrogen) atoms. The first-order chi connectivity index (χ1) is 25.6. The lowest BCUT2D eigenvalue weighted by Gasteiger charge is -2.23. The molecule has 0 bridgehead atoms. The van der Waals surface area contributed by atoms with Gasteiger partial charge in [0.15, 0.2) is 0 Å². The fourth-order valence-electron chi connectivity index (χ4n) is 9.40. The molecule has 11 rings (SSSR count). The van der Waals surface area contributed by atoms with Gasteiger partial charge in [-0.2, -0.15) is 0 Å². The number of hydrogen-bond donors (Lipinski definition) is 0. The summed E-state index contributed by atoms with van der Waals surface area (Å²) in [4.78, 5) is 0. The average Bonchev–Trinajstić information content (AvgIpc) is 3.69. The monoisotopic (exact) mass is 662 g/mol. The molecule has 10 aromatic rings. The normalized spacial score (nSPS) is 13.3. The number of furan rings is 1. The van der Waals surface area contributed by atoms with Crippen LogP contribution < -0.4 is 0 Å². The van der Waals surface area contributed by atoms with Crippen molar-refractivity contribution in [1.29, 1.82) is 0 Å². The van der Waals surface area contributed by atoms with E-state index in [0.717, 1.165) is 27.5 Å². The van der Waals surface area contributed by atoms with E-state index in [2.05, 4.69) is 178 Å². The van der Waals surface area contributed by atoms with E-state index >= 15 is 0 Å². The first-order valence-corrected chi connectivity index (χ1v) is 18.2. The van der Waals surface area contributed by atoms with Crippen LogP contribution in [0.5, 0.6) is 0 Å². The number of fused-ring (bicyclic) bond motifs is 10. The zero-order valence-electron chi connectivity index (χ0n) is 29.1. The van der Waals surface area contributed by atoms with Gasteiger partial charge in [0.25, 0.3) is 0 Å². The van der Waals surface area contributed by atoms with E-state index in [1.54, 1.807) is 0 Å². The van der Waals surface area contributed by atoms with Gasteiger partial charge in [-0.25, -0.2) is 0 Å². The fraction of sp³-hybridized carbons (Fsp3) is 0.0588. The summed E-state index contributed by atoms with van der Waals surface area (Å²) in [6.07, 6.45) is 0. The first kappa shape index (κ1) is 29.3. The van der Waals surface area contributed by atoms with Crippen molar-refractivity contribution in [2.75, 3.05) is 0 Å². The number of benzene rings is 9. The Labute approximate surface area is 302 Å². The minimum Gasteiger partial charge on any atom is -0.455 e. The van der Waals surface area contributed by atoms with Gasteiger partial charge in [0.05, 0.1) is 0 Å². The van der Waals surface area contributed by atoms with Crippen LogP contribution in [-0.4, -0.2) is 0 Å². The molecule has 0 amide bonds. The summed E-state index contributed by atoms with van der Waals surface area (Å²) in [6.45, 7) is 4.76. The van der Waals surface area contributed by atoms with Crippen LogP contribution in [0.4, 0.5) is 0 Å². The van der Waals surface area contributed by atoms with E-state index < -0.39 is 0 Å². The van der Waals surface area contributed by atoms with Crippen molar-refractivity contribution in [2.24, 2.45) is 0 Å². The molecule has 244 valence electrons. The third kappa shape index (κ3) is 3.99. The lowest BCUT2D eigenvalue weighted by Crippen LogP contribution is -2.15. The van der Waals surface area contributed by atoms with Crippen LogP contribution in [0.1, 0.15) is 25.0 Å². The molecule has 0 spiro atoms. The van der Waals surface area contributed by atoms with Gasteiger partial charge >= 0.3 is 0 Å². The Morgan fingerprint density at radius 1 is 0.385 bits per heavy atom. The van der Waals surface area contributed by atoms with Crippen LogP contribution in [-0.2, 0) is 5.41 Å². The Kier molecular flexibility index (Phi) is 6.08. The zero-order chi connectivity index (χ0) is 34.6. The van der Waals surface area contributed by atoms with Crippen LogP contribution in [0.15, 0.2) is 174 Å². The average molecular weight is 663 g/mol. The molecular weight excluding hydrogens is 629 g/mol. The van der Waals surface area contributed by atoms with Gasteiger partial charge in [0, 0.05) is 21.8 Å². The molecule has 1 nitrogen and oxygen atoms in total. The molecule has 1 aliphatic carbocycles. The van der Waals surface area contributed by atoms with Crippen molar-refractivity contribution in [2.45, 2.75) is 19.3 Å². The molecule has 0 atom stereocenters. The van der Waals surface area contributed by atoms with E-state index in [0.29, 0.717) is 0 Å². The van der Waals surface area contributed by atoms with Crippen molar-refractivity contribution in [3.05, 3.63) is 181 Å². The van der Waals surface area contributed by atoms with Gasteiger partial charge in [0.1, 0.15) is 11.2 Å². The largest absolute Gasteiger partial charge is 0.455 e. The summed E-state index contributed by atoms with van der Waals surface area (Å²) in [5, 5.41) is 9.92. The second-order valence-electron chi connectivity index (χ2n) is 14.8. The highest BCUT2D eigenvalue weighted by molar-refractivity contribution is 6.23. The van der Waals surface area contributed by atoms with Crippen LogP contribution in [0.2, 0.25) is 0 Å². The summed E-state index contributed by atoms with van der Waals surface area (Å²) in [5.74, 6) is 0. The Morgan fingerprint density at radius 3 is 1.71 bits per heavy atom. The molecule has 0 radical (unpaired) electrons. The highest BCUT2D eigenvalue weighted by Gasteiger charge is 2.37. The first-order valence-electron chi connectivity index (χ1n) is 18.2. The van der Waals surface area contributed by atoms with Gasteiger partial charge < -0.3 is 4.42 Å². The molecular formula is C51H34O. The molecule has 0 fully saturated rings. The summed E-state index contributed by atoms with van der Waals surface area (Å²) < 4.78 is 6.58. The minimum atomic E-state index is -0.0928. The third-order valence-electron chi connectivity index (χ3n) is 11.6. The molecule has 0 aliphatic heterocycles. The topological polar surface area (TPSA) is 13.1 Å². The maximum Gasteiger partial charge on any atom is 0.143 e. The Hall–Kier alpha value is -6.44. The SMILES string of the molecule is CC1(C)c2ccc(-c3c4ccccc4c(-c4ccccc4-c4cccc5c4oc4ccccc45)c4ccccc34)cc2-c2ccc3ccccc3c21. The molecule has 0 unspecified atom stereocenters. The van der Waals surface area contributed by atoms with Crippen molar-refractivity contribution < 1.29 is 4.42 Å². The standard InChI is InChI=1S/C51H34O/c1-51(2)45-29-27-32(30-44(45)41-28-26-31-14-3-4-15-33(31)49(41)51)47-37-19-7-9-21-39(37)48(40-22-10-8-20-38(40)47)36-18-6-5-16-34(36)42-23-13-24-43-35-17-11-12-25-46(35)52-50(42)43/h3-30H,1-2H3. The molecule has 0 saturated heterocycles. The second kappa shape index (κ2) is 10.8. The summed E-state index contributed by atoms with van der Waals surface area (Å²) >= 11 is 0. The Morgan fingerprint density at radius 2 is 0.962 bits per heavy atom. The molecule has 0 saturated carbocycles. The highest BCUT2D eigenvalue weighted by atomic mass is 16.3. The number of para-hydroxylation sites is 2. The predicted octanol–water partition coefficient (Wildman–Crippen LogP) is 14.4. The summed E-state index contributed by atoms with van der Waals surface area (Å²) in [7, 11) is 0. The second-order valence-corrected chi connectivity index (χ2v) is 14.8. The van der Waals surface area contributed by atoms with Crippen LogP contribution in [0.25, 0.3) is 98.8 Å². The molecule has 1 aliphatic rings. The Bertz CT molecular complexity index is 3040. The van der Waals surface area contributed by atoms with Gasteiger partial charge in [-0.15, -0.1) is 0 Å². The van der Waals surface area contributed by atoms with Gasteiger partial charge in [-0.05, 0) is 94.5 Å². The van der Waals surface area contributed by atoms with Crippen LogP contribution in [0.3, 0.4) is 0 Å². The Balaban J connectivity index is 1.18. The maximum absolute atomic E-state index is 6.58. The minimum absolute atomic E-state index is 0.0928. The summed E-state index contributed by atoms with van der Waals surface area (Å²) in [5.41, 5.74) is 14.5. The van der Waals surface area contributed by atoms with Gasteiger partial charge in [-0.3, -0.25) is 0 Å². The van der Waals surface area contributed by atoms with Gasteiger partial charge in [0.2, 0.25) is 0 Å². The quantitative estimate of drug-likeness (QED) is 0.172. The lowest BCUT2D eigenvalue weighted by molar-refractivity contribution is 0.666. The van der Waals surface area contributed by atoms with Crippen molar-refractivity contribution in [3.8, 4) is 44.5 Å². The van der Waals surface area contributed by atoms with E-state index in [-0.39, 0.29) is 5.41 Å².